The quantitative estimate of drug-likeness (QED) is 0.202. The molecule has 1 heterocycles. The molecule has 1 saturated heterocycles. The number of nitrogens with zero attached hydrogens (tertiary/aromatic N) is 2. The number of ketones is 1. The molecule has 1 aromatic carbocycles. The summed E-state index contributed by atoms with van der Waals surface area (Å²) in [5.74, 6) is -0.110. The van der Waals surface area contributed by atoms with E-state index in [2.05, 4.69) is 63.6 Å². The van der Waals surface area contributed by atoms with Gasteiger partial charge in [-0.05, 0) is 70.8 Å². The minimum atomic E-state index is -0.110. The predicted molar refractivity (Wildman–Crippen MR) is 163 cm³/mol. The molecule has 4 nitrogen and oxygen atoms in total. The van der Waals surface area contributed by atoms with Gasteiger partial charge in [0, 0.05) is 23.6 Å². The molecule has 198 valence electrons. The minimum absolute atomic E-state index is 0.110. The van der Waals surface area contributed by atoms with Crippen molar-refractivity contribution in [1.82, 2.24) is 4.90 Å². The van der Waals surface area contributed by atoms with Crippen LogP contribution in [0.1, 0.15) is 65.0 Å². The van der Waals surface area contributed by atoms with Gasteiger partial charge in [0.05, 0.1) is 11.4 Å². The fourth-order valence-electron chi connectivity index (χ4n) is 3.69. The Morgan fingerprint density at radius 1 is 1.19 bits per heavy atom. The second-order valence-corrected chi connectivity index (χ2v) is 9.54. The number of carbonyl (C=O) groups is 1. The molecule has 0 bridgehead atoms. The van der Waals surface area contributed by atoms with E-state index in [4.69, 9.17) is 5.73 Å². The van der Waals surface area contributed by atoms with Gasteiger partial charge in [-0.1, -0.05) is 96.9 Å². The lowest BCUT2D eigenvalue weighted by atomic mass is 10.0. The van der Waals surface area contributed by atoms with E-state index in [-0.39, 0.29) is 5.78 Å². The molecule has 0 aromatic heterocycles. The fourth-order valence-corrected chi connectivity index (χ4v) is 3.90. The van der Waals surface area contributed by atoms with Crippen molar-refractivity contribution < 1.29 is 4.79 Å². The number of piperidine rings is 1. The first-order valence-electron chi connectivity index (χ1n) is 12.8. The minimum Gasteiger partial charge on any atom is -0.397 e. The van der Waals surface area contributed by atoms with Crippen molar-refractivity contribution in [3.05, 3.63) is 93.7 Å². The number of hydrogen-bond acceptors (Lipinski definition) is 4. The number of benzene rings is 1. The predicted octanol–water partition coefficient (Wildman–Crippen LogP) is 7.85. The van der Waals surface area contributed by atoms with Crippen LogP contribution in [0.15, 0.2) is 87.5 Å². The molecular formula is C31H46BrN3O. The number of aryl methyl sites for hydroxylation is 1. The van der Waals surface area contributed by atoms with Crippen LogP contribution in [0.4, 0.5) is 0 Å². The molecule has 1 aromatic rings. The second kappa shape index (κ2) is 19.7. The van der Waals surface area contributed by atoms with Gasteiger partial charge >= 0.3 is 0 Å². The normalized spacial score (nSPS) is 15.8. The van der Waals surface area contributed by atoms with Crippen LogP contribution in [0.5, 0.6) is 0 Å². The second-order valence-electron chi connectivity index (χ2n) is 8.35. The zero-order valence-corrected chi connectivity index (χ0v) is 25.0. The van der Waals surface area contributed by atoms with Crippen molar-refractivity contribution in [2.24, 2.45) is 10.7 Å². The Hall–Kier alpha value is -2.50. The molecule has 0 radical (unpaired) electrons. The smallest absolute Gasteiger partial charge is 0.161 e. The van der Waals surface area contributed by atoms with Gasteiger partial charge < -0.3 is 5.73 Å². The summed E-state index contributed by atoms with van der Waals surface area (Å²) in [6.07, 6.45) is 13.2. The van der Waals surface area contributed by atoms with Crippen molar-refractivity contribution in [3.63, 3.8) is 0 Å². The Morgan fingerprint density at radius 3 is 2.31 bits per heavy atom. The Kier molecular flexibility index (Phi) is 18.3. The summed E-state index contributed by atoms with van der Waals surface area (Å²) in [7, 11) is 1.67. The largest absolute Gasteiger partial charge is 0.397 e. The van der Waals surface area contributed by atoms with Crippen LogP contribution in [0.2, 0.25) is 0 Å². The van der Waals surface area contributed by atoms with E-state index in [0.717, 1.165) is 16.6 Å². The van der Waals surface area contributed by atoms with Gasteiger partial charge in [-0.15, -0.1) is 0 Å². The maximum absolute atomic E-state index is 11.8. The standard InChI is InChI=1S/C16H21BrN2O.C13H19N.C2H6/c1-6-8-13(9-7-2)15(19-5)10-14(12(4)20)16(18)11(3)17;1-12-6-5-7-13(10-12)11-14-8-3-2-4-9-14;1-2/h6-10H,1,18H2,2-5H3;5-7,10H,2-4,8-9,11H2,1H3;1-2H3/b9-7-,13-8+,14-10+,16-11+,19-15?;;. The Balaban J connectivity index is 0.000000665. The number of likely N-dealkylation sites (tertiary alicyclic amines) is 1. The van der Waals surface area contributed by atoms with Gasteiger partial charge in [-0.3, -0.25) is 14.7 Å². The highest BCUT2D eigenvalue weighted by atomic mass is 79.9. The third-order valence-corrected chi connectivity index (χ3v) is 5.87. The molecule has 1 aliphatic heterocycles. The maximum Gasteiger partial charge on any atom is 0.161 e. The maximum atomic E-state index is 11.8. The first-order chi connectivity index (χ1) is 17.2. The molecule has 0 aliphatic carbocycles. The number of Topliss-reactive ketones (excluding diaryl/α,β-unsaturated/α-hetero) is 1. The number of aliphatic imine (C=N–C) groups is 1. The summed E-state index contributed by atoms with van der Waals surface area (Å²) in [4.78, 5) is 18.5. The first kappa shape index (κ1) is 33.5. The summed E-state index contributed by atoms with van der Waals surface area (Å²) in [6, 6.07) is 8.87. The highest BCUT2D eigenvalue weighted by molar-refractivity contribution is 9.11. The summed E-state index contributed by atoms with van der Waals surface area (Å²) >= 11 is 3.30. The van der Waals surface area contributed by atoms with Crippen molar-refractivity contribution >= 4 is 27.4 Å². The highest BCUT2D eigenvalue weighted by Crippen LogP contribution is 2.17. The summed E-state index contributed by atoms with van der Waals surface area (Å²) in [5.41, 5.74) is 11.2. The van der Waals surface area contributed by atoms with E-state index in [0.29, 0.717) is 17.0 Å². The van der Waals surface area contributed by atoms with Crippen LogP contribution in [0.3, 0.4) is 0 Å². The molecule has 5 heteroatoms. The lowest BCUT2D eigenvalue weighted by Crippen LogP contribution is -2.29. The number of halogens is 1. The monoisotopic (exact) mass is 555 g/mol. The zero-order valence-electron chi connectivity index (χ0n) is 23.4. The zero-order chi connectivity index (χ0) is 27.5. The third-order valence-electron chi connectivity index (χ3n) is 5.44. The Bertz CT molecular complexity index is 973. The molecule has 2 rings (SSSR count). The van der Waals surface area contributed by atoms with Crippen molar-refractivity contribution in [2.45, 2.75) is 67.3 Å². The average molecular weight is 557 g/mol. The van der Waals surface area contributed by atoms with Crippen LogP contribution in [-0.4, -0.2) is 36.5 Å². The van der Waals surface area contributed by atoms with Crippen molar-refractivity contribution in [3.8, 4) is 0 Å². The Morgan fingerprint density at radius 2 is 1.83 bits per heavy atom. The van der Waals surface area contributed by atoms with Crippen LogP contribution < -0.4 is 5.73 Å². The van der Waals surface area contributed by atoms with Gasteiger partial charge in [-0.2, -0.15) is 0 Å². The van der Waals surface area contributed by atoms with E-state index >= 15 is 0 Å². The SMILES string of the molecule is C=C/C=C(\C=C/C)C(/C=C(C(C)=O)/C(N)=C(/C)Br)=NC.CC.Cc1cccc(CN2CCCCC2)c1. The van der Waals surface area contributed by atoms with Gasteiger partial charge in [0.15, 0.2) is 5.78 Å². The van der Waals surface area contributed by atoms with Crippen molar-refractivity contribution in [1.29, 1.82) is 0 Å². The van der Waals surface area contributed by atoms with Gasteiger partial charge in [-0.25, -0.2) is 0 Å². The molecule has 0 atom stereocenters. The van der Waals surface area contributed by atoms with Crippen LogP contribution in [0, 0.1) is 6.92 Å². The number of rotatable bonds is 8. The Labute approximate surface area is 228 Å². The molecule has 36 heavy (non-hydrogen) atoms. The highest BCUT2D eigenvalue weighted by Gasteiger charge is 2.12. The van der Waals surface area contributed by atoms with Gasteiger partial charge in [0.1, 0.15) is 0 Å². The van der Waals surface area contributed by atoms with E-state index in [9.17, 15) is 4.79 Å². The molecule has 0 amide bonds. The van der Waals surface area contributed by atoms with Gasteiger partial charge in [0.25, 0.3) is 0 Å². The van der Waals surface area contributed by atoms with Gasteiger partial charge in [0.2, 0.25) is 0 Å². The van der Waals surface area contributed by atoms with E-state index in [1.54, 1.807) is 26.1 Å². The molecule has 2 N–H and O–H groups in total. The van der Waals surface area contributed by atoms with Crippen LogP contribution >= 0.6 is 15.9 Å². The molecule has 1 aliphatic rings. The summed E-state index contributed by atoms with van der Waals surface area (Å²) in [5, 5.41) is 0. The van der Waals surface area contributed by atoms with Crippen LogP contribution in [0.25, 0.3) is 0 Å². The lowest BCUT2D eigenvalue weighted by Gasteiger charge is -2.26. The fraction of sp³-hybridized carbons (Fsp3) is 0.419. The molecule has 1 fully saturated rings. The molecule has 0 unspecified atom stereocenters. The topological polar surface area (TPSA) is 58.7 Å². The summed E-state index contributed by atoms with van der Waals surface area (Å²) < 4.78 is 0.717. The molecular weight excluding hydrogens is 510 g/mol. The molecule has 0 spiro atoms. The van der Waals surface area contributed by atoms with Crippen molar-refractivity contribution in [2.75, 3.05) is 20.1 Å². The summed E-state index contributed by atoms with van der Waals surface area (Å²) in [6.45, 7) is 18.7. The number of allylic oxidation sites excluding steroid dienone is 8. The number of nitrogens with two attached hydrogens (primary N) is 1. The van der Waals surface area contributed by atoms with E-state index in [1.165, 1.54) is 50.4 Å². The number of carbonyl (C=O) groups excluding carboxylic acids is 1. The third kappa shape index (κ3) is 13.0. The molecule has 0 saturated carbocycles. The lowest BCUT2D eigenvalue weighted by molar-refractivity contribution is -0.113. The number of hydrogen-bond donors (Lipinski definition) is 1. The first-order valence-corrected chi connectivity index (χ1v) is 13.6. The average Bonchev–Trinajstić information content (AvgIpc) is 2.86. The van der Waals surface area contributed by atoms with E-state index < -0.39 is 0 Å². The van der Waals surface area contributed by atoms with E-state index in [1.807, 2.05) is 39.0 Å². The van der Waals surface area contributed by atoms with Crippen LogP contribution in [-0.2, 0) is 11.3 Å².